The number of rotatable bonds is 4. The first-order chi connectivity index (χ1) is 25.8. The van der Waals surface area contributed by atoms with E-state index >= 15 is 0 Å². The Balaban J connectivity index is 1.12. The first-order valence-electron chi connectivity index (χ1n) is 17.6. The molecule has 0 aliphatic carbocycles. The van der Waals surface area contributed by atoms with Gasteiger partial charge in [0.1, 0.15) is 0 Å². The van der Waals surface area contributed by atoms with Gasteiger partial charge in [-0.15, -0.1) is 11.3 Å². The van der Waals surface area contributed by atoms with Gasteiger partial charge in [0, 0.05) is 47.3 Å². The minimum Gasteiger partial charge on any atom is -0.277 e. The van der Waals surface area contributed by atoms with Crippen molar-refractivity contribution < 1.29 is 0 Å². The molecule has 3 heterocycles. The van der Waals surface area contributed by atoms with E-state index in [1.165, 1.54) is 64.0 Å². The number of nitrogens with zero attached hydrogens (tertiary/aromatic N) is 3. The standard InChI is InChI=1S/C48H29N3S/c1-2-10-30(11-3-1)31-18-20-32(21-19-31)33-22-24-35(25-23-33)45-40-14-4-7-15-41(40)49-48(50-45)51-42-16-8-5-12-36(42)38-28-26-34-27-29-39-37-13-6-9-17-43(37)52-47(39)44(34)46(38)51/h1-29H. The Morgan fingerprint density at radius 1 is 0.404 bits per heavy atom. The van der Waals surface area contributed by atoms with Crippen molar-refractivity contribution in [1.29, 1.82) is 0 Å². The minimum absolute atomic E-state index is 0.672. The van der Waals surface area contributed by atoms with Crippen molar-refractivity contribution in [1.82, 2.24) is 14.5 Å². The fourth-order valence-corrected chi connectivity index (χ4v) is 9.20. The zero-order valence-corrected chi connectivity index (χ0v) is 28.8. The van der Waals surface area contributed by atoms with Crippen LogP contribution in [0.25, 0.3) is 103 Å². The first-order valence-corrected chi connectivity index (χ1v) is 18.4. The van der Waals surface area contributed by atoms with Crippen LogP contribution in [-0.2, 0) is 0 Å². The molecule has 0 saturated carbocycles. The van der Waals surface area contributed by atoms with E-state index in [0.717, 1.165) is 33.2 Å². The van der Waals surface area contributed by atoms with Gasteiger partial charge in [0.2, 0.25) is 5.95 Å². The summed E-state index contributed by atoms with van der Waals surface area (Å²) in [4.78, 5) is 10.7. The van der Waals surface area contributed by atoms with E-state index in [-0.39, 0.29) is 0 Å². The van der Waals surface area contributed by atoms with Gasteiger partial charge in [0.05, 0.1) is 22.2 Å². The molecule has 0 bridgehead atoms. The third kappa shape index (κ3) is 4.45. The molecule has 11 aromatic rings. The molecule has 52 heavy (non-hydrogen) atoms. The molecule has 3 nitrogen and oxygen atoms in total. The van der Waals surface area contributed by atoms with E-state index < -0.39 is 0 Å². The Morgan fingerprint density at radius 3 is 1.73 bits per heavy atom. The number of hydrogen-bond acceptors (Lipinski definition) is 3. The average molecular weight is 680 g/mol. The summed E-state index contributed by atoms with van der Waals surface area (Å²) in [7, 11) is 0. The topological polar surface area (TPSA) is 30.7 Å². The largest absolute Gasteiger partial charge is 0.277 e. The molecule has 8 aromatic carbocycles. The van der Waals surface area contributed by atoms with E-state index in [4.69, 9.17) is 9.97 Å². The van der Waals surface area contributed by atoms with Gasteiger partial charge in [0.15, 0.2) is 0 Å². The molecule has 0 amide bonds. The van der Waals surface area contributed by atoms with E-state index in [9.17, 15) is 0 Å². The molecule has 11 rings (SSSR count). The molecule has 242 valence electrons. The fraction of sp³-hybridized carbons (Fsp3) is 0. The molecule has 3 aromatic heterocycles. The number of benzene rings is 8. The molecule has 0 N–H and O–H groups in total. The fourth-order valence-electron chi connectivity index (χ4n) is 7.94. The molecule has 0 radical (unpaired) electrons. The highest BCUT2D eigenvalue weighted by Gasteiger charge is 2.21. The highest BCUT2D eigenvalue weighted by molar-refractivity contribution is 7.26. The number of para-hydroxylation sites is 2. The molecular formula is C48H29N3S. The minimum atomic E-state index is 0.672. The van der Waals surface area contributed by atoms with Gasteiger partial charge in [-0.1, -0.05) is 158 Å². The maximum absolute atomic E-state index is 5.45. The van der Waals surface area contributed by atoms with Crippen molar-refractivity contribution in [2.75, 3.05) is 0 Å². The summed E-state index contributed by atoms with van der Waals surface area (Å²) in [5, 5.41) is 8.46. The summed E-state index contributed by atoms with van der Waals surface area (Å²) in [6.07, 6.45) is 0. The zero-order chi connectivity index (χ0) is 34.2. The first kappa shape index (κ1) is 29.1. The molecule has 0 unspecified atom stereocenters. The van der Waals surface area contributed by atoms with Crippen molar-refractivity contribution in [2.24, 2.45) is 0 Å². The van der Waals surface area contributed by atoms with Crippen LogP contribution < -0.4 is 0 Å². The lowest BCUT2D eigenvalue weighted by Gasteiger charge is -2.13. The number of thiophene rings is 1. The van der Waals surface area contributed by atoms with Gasteiger partial charge in [0.25, 0.3) is 0 Å². The smallest absolute Gasteiger partial charge is 0.235 e. The third-order valence-electron chi connectivity index (χ3n) is 10.4. The Bertz CT molecular complexity index is 3150. The lowest BCUT2D eigenvalue weighted by atomic mass is 9.98. The summed E-state index contributed by atoms with van der Waals surface area (Å²) in [5.74, 6) is 0.672. The van der Waals surface area contributed by atoms with Gasteiger partial charge in [-0.3, -0.25) is 4.57 Å². The van der Waals surface area contributed by atoms with Crippen LogP contribution >= 0.6 is 11.3 Å². The molecule has 0 aliphatic rings. The van der Waals surface area contributed by atoms with Crippen LogP contribution in [0.15, 0.2) is 176 Å². The predicted octanol–water partition coefficient (Wildman–Crippen LogP) is 13.2. The highest BCUT2D eigenvalue weighted by atomic mass is 32.1. The Hall–Kier alpha value is -6.62. The molecule has 4 heteroatoms. The highest BCUT2D eigenvalue weighted by Crippen LogP contribution is 2.44. The van der Waals surface area contributed by atoms with Crippen LogP contribution in [-0.4, -0.2) is 14.5 Å². The second-order valence-corrected chi connectivity index (χ2v) is 14.4. The quantitative estimate of drug-likeness (QED) is 0.185. The predicted molar refractivity (Wildman–Crippen MR) is 221 cm³/mol. The summed E-state index contributed by atoms with van der Waals surface area (Å²) in [6.45, 7) is 0. The van der Waals surface area contributed by atoms with Crippen molar-refractivity contribution >= 4 is 75.0 Å². The van der Waals surface area contributed by atoms with Crippen LogP contribution in [0.3, 0.4) is 0 Å². The van der Waals surface area contributed by atoms with Crippen molar-refractivity contribution in [3.63, 3.8) is 0 Å². The summed E-state index contributed by atoms with van der Waals surface area (Å²) in [6, 6.07) is 62.9. The number of hydrogen-bond donors (Lipinski definition) is 0. The third-order valence-corrected chi connectivity index (χ3v) is 11.6. The molecule has 0 atom stereocenters. The van der Waals surface area contributed by atoms with E-state index in [0.29, 0.717) is 5.95 Å². The molecule has 0 saturated heterocycles. The van der Waals surface area contributed by atoms with E-state index in [1.54, 1.807) is 0 Å². The van der Waals surface area contributed by atoms with Crippen LogP contribution in [0.2, 0.25) is 0 Å². The maximum Gasteiger partial charge on any atom is 0.235 e. The van der Waals surface area contributed by atoms with Gasteiger partial charge in [-0.2, -0.15) is 0 Å². The Kier molecular flexibility index (Phi) is 6.42. The van der Waals surface area contributed by atoms with E-state index in [1.807, 2.05) is 11.3 Å². The van der Waals surface area contributed by atoms with Crippen LogP contribution in [0.1, 0.15) is 0 Å². The lowest BCUT2D eigenvalue weighted by Crippen LogP contribution is -2.03. The van der Waals surface area contributed by atoms with E-state index in [2.05, 4.69) is 180 Å². The Morgan fingerprint density at radius 2 is 0.981 bits per heavy atom. The van der Waals surface area contributed by atoms with Crippen LogP contribution in [0.5, 0.6) is 0 Å². The Labute approximate surface area is 303 Å². The van der Waals surface area contributed by atoms with Gasteiger partial charge in [-0.25, -0.2) is 9.97 Å². The number of aromatic nitrogens is 3. The van der Waals surface area contributed by atoms with Crippen molar-refractivity contribution in [2.45, 2.75) is 0 Å². The average Bonchev–Trinajstić information content (AvgIpc) is 3.77. The van der Waals surface area contributed by atoms with Crippen LogP contribution in [0, 0.1) is 0 Å². The second kappa shape index (κ2) is 11.5. The lowest BCUT2D eigenvalue weighted by molar-refractivity contribution is 1.02. The normalized spacial score (nSPS) is 11.8. The summed E-state index contributed by atoms with van der Waals surface area (Å²) >= 11 is 1.87. The van der Waals surface area contributed by atoms with Gasteiger partial charge < -0.3 is 0 Å². The van der Waals surface area contributed by atoms with Gasteiger partial charge >= 0.3 is 0 Å². The molecule has 0 fully saturated rings. The molecule has 0 spiro atoms. The SMILES string of the molecule is c1ccc(-c2ccc(-c3ccc(-c4nc(-n5c6ccccc6c6ccc7ccc8c9ccccc9sc8c7c65)nc5ccccc45)cc3)cc2)cc1. The van der Waals surface area contributed by atoms with Crippen molar-refractivity contribution in [3.8, 4) is 39.5 Å². The summed E-state index contributed by atoms with van der Waals surface area (Å²) in [5.41, 5.74) is 9.93. The molecule has 0 aliphatic heterocycles. The molecular weight excluding hydrogens is 651 g/mol. The summed E-state index contributed by atoms with van der Waals surface area (Å²) < 4.78 is 4.89. The van der Waals surface area contributed by atoms with Gasteiger partial charge in [-0.05, 0) is 45.8 Å². The zero-order valence-electron chi connectivity index (χ0n) is 28.0. The second-order valence-electron chi connectivity index (χ2n) is 13.4. The van der Waals surface area contributed by atoms with Crippen molar-refractivity contribution in [3.05, 3.63) is 176 Å². The monoisotopic (exact) mass is 679 g/mol. The van der Waals surface area contributed by atoms with Crippen LogP contribution in [0.4, 0.5) is 0 Å². The maximum atomic E-state index is 5.45. The number of fused-ring (bicyclic) bond motifs is 10.